The molecular weight excluding hydrogens is 328 g/mol. The predicted octanol–water partition coefficient (Wildman–Crippen LogP) is 4.79. The Bertz CT molecular complexity index is 732. The quantitative estimate of drug-likeness (QED) is 0.813. The standard InChI is InChI=1S/C16H12Cl2FNO2/c1-22-16-10(7-11(17)8-14(16)18)5-6-15(21)20-13-4-2-3-12(19)9-13/h2-9H,1H3,(H,20,21)/b6-5+. The first-order valence-electron chi connectivity index (χ1n) is 6.27. The fourth-order valence-electron chi connectivity index (χ4n) is 1.84. The van der Waals surface area contributed by atoms with Crippen molar-refractivity contribution in [1.29, 1.82) is 0 Å². The Morgan fingerprint density at radius 1 is 1.27 bits per heavy atom. The molecule has 114 valence electrons. The second-order valence-corrected chi connectivity index (χ2v) is 5.19. The summed E-state index contributed by atoms with van der Waals surface area (Å²) in [7, 11) is 1.47. The number of carbonyl (C=O) groups excluding carboxylic acids is 1. The topological polar surface area (TPSA) is 38.3 Å². The molecule has 3 nitrogen and oxygen atoms in total. The largest absolute Gasteiger partial charge is 0.495 e. The van der Waals surface area contributed by atoms with Crippen molar-refractivity contribution < 1.29 is 13.9 Å². The summed E-state index contributed by atoms with van der Waals surface area (Å²) < 4.78 is 18.2. The molecular formula is C16H12Cl2FNO2. The molecule has 0 aromatic heterocycles. The van der Waals surface area contributed by atoms with Gasteiger partial charge < -0.3 is 10.1 Å². The van der Waals surface area contributed by atoms with Crippen molar-refractivity contribution in [2.24, 2.45) is 0 Å². The molecule has 0 spiro atoms. The van der Waals surface area contributed by atoms with E-state index in [0.717, 1.165) is 0 Å². The molecule has 0 aliphatic carbocycles. The van der Waals surface area contributed by atoms with Gasteiger partial charge in [0.25, 0.3) is 0 Å². The maximum absolute atomic E-state index is 13.0. The maximum Gasteiger partial charge on any atom is 0.248 e. The van der Waals surface area contributed by atoms with Gasteiger partial charge in [-0.2, -0.15) is 0 Å². The Morgan fingerprint density at radius 2 is 2.05 bits per heavy atom. The molecule has 0 aliphatic heterocycles. The Labute approximate surface area is 137 Å². The van der Waals surface area contributed by atoms with Gasteiger partial charge in [0.1, 0.15) is 11.6 Å². The zero-order valence-corrected chi connectivity index (χ0v) is 13.1. The van der Waals surface area contributed by atoms with Crippen LogP contribution in [0.2, 0.25) is 10.0 Å². The molecule has 2 rings (SSSR count). The van der Waals surface area contributed by atoms with Crippen molar-refractivity contribution in [2.45, 2.75) is 0 Å². The lowest BCUT2D eigenvalue weighted by atomic mass is 10.2. The summed E-state index contributed by atoms with van der Waals surface area (Å²) in [6.07, 6.45) is 2.81. The Morgan fingerprint density at radius 3 is 2.73 bits per heavy atom. The minimum atomic E-state index is -0.426. The minimum Gasteiger partial charge on any atom is -0.495 e. The average molecular weight is 340 g/mol. The fourth-order valence-corrected chi connectivity index (χ4v) is 2.42. The minimum absolute atomic E-state index is 0.347. The van der Waals surface area contributed by atoms with Gasteiger partial charge in [-0.25, -0.2) is 4.39 Å². The molecule has 1 amide bonds. The molecule has 0 bridgehead atoms. The van der Waals surface area contributed by atoms with Crippen LogP contribution in [0.25, 0.3) is 6.08 Å². The highest BCUT2D eigenvalue weighted by atomic mass is 35.5. The van der Waals surface area contributed by atoms with Crippen LogP contribution in [-0.2, 0) is 4.79 Å². The van der Waals surface area contributed by atoms with Gasteiger partial charge in [-0.05, 0) is 36.4 Å². The number of hydrogen-bond donors (Lipinski definition) is 1. The van der Waals surface area contributed by atoms with E-state index in [9.17, 15) is 9.18 Å². The van der Waals surface area contributed by atoms with E-state index >= 15 is 0 Å². The first-order valence-corrected chi connectivity index (χ1v) is 7.03. The van der Waals surface area contributed by atoms with Crippen LogP contribution in [-0.4, -0.2) is 13.0 Å². The van der Waals surface area contributed by atoms with Crippen LogP contribution in [0.3, 0.4) is 0 Å². The molecule has 6 heteroatoms. The van der Waals surface area contributed by atoms with Crippen molar-refractivity contribution in [3.05, 3.63) is 63.9 Å². The van der Waals surface area contributed by atoms with Crippen LogP contribution in [0.1, 0.15) is 5.56 Å². The number of hydrogen-bond acceptors (Lipinski definition) is 2. The lowest BCUT2D eigenvalue weighted by Gasteiger charge is -2.08. The molecule has 0 radical (unpaired) electrons. The molecule has 0 saturated carbocycles. The van der Waals surface area contributed by atoms with Gasteiger partial charge in [0.2, 0.25) is 5.91 Å². The van der Waals surface area contributed by atoms with E-state index in [1.165, 1.54) is 37.5 Å². The number of anilines is 1. The molecule has 22 heavy (non-hydrogen) atoms. The summed E-state index contributed by atoms with van der Waals surface area (Å²) >= 11 is 11.9. The van der Waals surface area contributed by atoms with E-state index in [2.05, 4.69) is 5.32 Å². The van der Waals surface area contributed by atoms with Gasteiger partial charge >= 0.3 is 0 Å². The van der Waals surface area contributed by atoms with Crippen LogP contribution in [0.4, 0.5) is 10.1 Å². The first-order chi connectivity index (χ1) is 10.5. The third-order valence-electron chi connectivity index (χ3n) is 2.75. The number of methoxy groups -OCH3 is 1. The molecule has 2 aromatic carbocycles. The van der Waals surface area contributed by atoms with Crippen molar-refractivity contribution in [3.8, 4) is 5.75 Å². The normalized spacial score (nSPS) is 10.7. The summed E-state index contributed by atoms with van der Waals surface area (Å²) in [5.74, 6) is -0.422. The Hall–Kier alpha value is -2.04. The second kappa shape index (κ2) is 7.29. The lowest BCUT2D eigenvalue weighted by Crippen LogP contribution is -2.07. The fraction of sp³-hybridized carbons (Fsp3) is 0.0625. The van der Waals surface area contributed by atoms with Gasteiger partial charge in [-0.3, -0.25) is 4.79 Å². The van der Waals surface area contributed by atoms with Gasteiger partial charge in [-0.15, -0.1) is 0 Å². The number of carbonyl (C=O) groups is 1. The summed E-state index contributed by atoms with van der Waals surface area (Å²) in [6, 6.07) is 8.79. The van der Waals surface area contributed by atoms with Crippen molar-refractivity contribution in [3.63, 3.8) is 0 Å². The van der Waals surface area contributed by atoms with Gasteiger partial charge in [-0.1, -0.05) is 29.3 Å². The highest BCUT2D eigenvalue weighted by Gasteiger charge is 2.08. The SMILES string of the molecule is COc1c(Cl)cc(Cl)cc1/C=C/C(=O)Nc1cccc(F)c1. The third kappa shape index (κ3) is 4.23. The summed E-state index contributed by atoms with van der Waals surface area (Å²) in [6.45, 7) is 0. The van der Waals surface area contributed by atoms with E-state index in [1.54, 1.807) is 18.2 Å². The van der Waals surface area contributed by atoms with Crippen molar-refractivity contribution >= 4 is 40.9 Å². The summed E-state index contributed by atoms with van der Waals surface area (Å²) in [5.41, 5.74) is 0.931. The van der Waals surface area contributed by atoms with Crippen molar-refractivity contribution in [1.82, 2.24) is 0 Å². The molecule has 1 N–H and O–H groups in total. The number of benzene rings is 2. The number of amides is 1. The zero-order valence-electron chi connectivity index (χ0n) is 11.6. The average Bonchev–Trinajstić information content (AvgIpc) is 2.44. The molecule has 0 atom stereocenters. The molecule has 0 saturated heterocycles. The van der Waals surface area contributed by atoms with E-state index in [4.69, 9.17) is 27.9 Å². The molecule has 2 aromatic rings. The smallest absolute Gasteiger partial charge is 0.248 e. The zero-order chi connectivity index (χ0) is 16.1. The summed E-state index contributed by atoms with van der Waals surface area (Å²) in [5, 5.41) is 3.32. The number of ether oxygens (including phenoxy) is 1. The predicted molar refractivity (Wildman–Crippen MR) is 87.1 cm³/mol. The van der Waals surface area contributed by atoms with E-state index < -0.39 is 11.7 Å². The second-order valence-electron chi connectivity index (χ2n) is 4.34. The Kier molecular flexibility index (Phi) is 5.41. The van der Waals surface area contributed by atoms with Crippen molar-refractivity contribution in [2.75, 3.05) is 12.4 Å². The van der Waals surface area contributed by atoms with Crippen LogP contribution < -0.4 is 10.1 Å². The Balaban J connectivity index is 2.16. The summed E-state index contributed by atoms with van der Waals surface area (Å²) in [4.78, 5) is 11.8. The van der Waals surface area contributed by atoms with E-state index in [-0.39, 0.29) is 0 Å². The van der Waals surface area contributed by atoms with E-state index in [0.29, 0.717) is 27.0 Å². The third-order valence-corrected chi connectivity index (χ3v) is 3.25. The molecule has 0 aliphatic rings. The highest BCUT2D eigenvalue weighted by Crippen LogP contribution is 2.32. The highest BCUT2D eigenvalue weighted by molar-refractivity contribution is 6.36. The van der Waals surface area contributed by atoms with E-state index in [1.807, 2.05) is 0 Å². The first kappa shape index (κ1) is 16.3. The van der Waals surface area contributed by atoms with Crippen LogP contribution in [0, 0.1) is 5.82 Å². The number of halogens is 3. The van der Waals surface area contributed by atoms with Crippen LogP contribution in [0.5, 0.6) is 5.75 Å². The maximum atomic E-state index is 13.0. The van der Waals surface area contributed by atoms with Gasteiger partial charge in [0.05, 0.1) is 12.1 Å². The number of nitrogens with one attached hydrogen (secondary N) is 1. The monoisotopic (exact) mass is 339 g/mol. The molecule has 0 unspecified atom stereocenters. The van der Waals surface area contributed by atoms with Gasteiger partial charge in [0.15, 0.2) is 0 Å². The molecule has 0 fully saturated rings. The van der Waals surface area contributed by atoms with Crippen LogP contribution in [0.15, 0.2) is 42.5 Å². The number of rotatable bonds is 4. The molecule has 0 heterocycles. The van der Waals surface area contributed by atoms with Gasteiger partial charge in [0, 0.05) is 22.3 Å². The van der Waals surface area contributed by atoms with Crippen LogP contribution >= 0.6 is 23.2 Å². The lowest BCUT2D eigenvalue weighted by molar-refractivity contribution is -0.111.